The van der Waals surface area contributed by atoms with Crippen molar-refractivity contribution >= 4 is 11.8 Å². The number of amides is 2. The second-order valence-corrected chi connectivity index (χ2v) is 8.84. The van der Waals surface area contributed by atoms with Crippen LogP contribution in [0.5, 0.6) is 5.75 Å². The van der Waals surface area contributed by atoms with E-state index in [9.17, 15) is 9.59 Å². The van der Waals surface area contributed by atoms with Crippen LogP contribution >= 0.6 is 0 Å². The van der Waals surface area contributed by atoms with Gasteiger partial charge >= 0.3 is 0 Å². The molecule has 2 amide bonds. The summed E-state index contributed by atoms with van der Waals surface area (Å²) in [5.74, 6) is 0.726. The Kier molecular flexibility index (Phi) is 7.14. The number of carbonyl (C=O) groups is 2. The molecule has 2 aliphatic rings. The highest BCUT2D eigenvalue weighted by Gasteiger charge is 2.24. The molecule has 29 heavy (non-hydrogen) atoms. The van der Waals surface area contributed by atoms with Crippen molar-refractivity contribution in [3.8, 4) is 5.75 Å². The van der Waals surface area contributed by atoms with Crippen molar-refractivity contribution in [1.82, 2.24) is 15.1 Å². The van der Waals surface area contributed by atoms with Gasteiger partial charge in [-0.1, -0.05) is 6.07 Å². The lowest BCUT2D eigenvalue weighted by molar-refractivity contribution is -0.124. The Balaban J connectivity index is 1.47. The summed E-state index contributed by atoms with van der Waals surface area (Å²) < 4.78 is 11.4. The van der Waals surface area contributed by atoms with E-state index >= 15 is 0 Å². The van der Waals surface area contributed by atoms with Gasteiger partial charge in [-0.05, 0) is 51.8 Å². The van der Waals surface area contributed by atoms with Crippen LogP contribution in [0.2, 0.25) is 0 Å². The summed E-state index contributed by atoms with van der Waals surface area (Å²) in [4.78, 5) is 28.9. The van der Waals surface area contributed by atoms with Crippen molar-refractivity contribution in [2.24, 2.45) is 0 Å². The lowest BCUT2D eigenvalue weighted by Crippen LogP contribution is -2.52. The zero-order chi connectivity index (χ0) is 20.9. The molecule has 0 spiro atoms. The van der Waals surface area contributed by atoms with Crippen LogP contribution in [0.25, 0.3) is 0 Å². The second kappa shape index (κ2) is 9.59. The first-order valence-electron chi connectivity index (χ1n) is 10.5. The molecule has 160 valence electrons. The van der Waals surface area contributed by atoms with E-state index < -0.39 is 0 Å². The van der Waals surface area contributed by atoms with E-state index in [1.54, 1.807) is 6.07 Å². The van der Waals surface area contributed by atoms with Crippen LogP contribution in [0.15, 0.2) is 24.3 Å². The molecule has 3 rings (SSSR count). The molecule has 0 saturated carbocycles. The Morgan fingerprint density at radius 3 is 2.62 bits per heavy atom. The van der Waals surface area contributed by atoms with E-state index in [2.05, 4.69) is 10.2 Å². The summed E-state index contributed by atoms with van der Waals surface area (Å²) in [6.07, 6.45) is 2.26. The monoisotopic (exact) mass is 403 g/mol. The molecule has 2 heterocycles. The fraction of sp³-hybridized carbons (Fsp3) is 0.636. The zero-order valence-electron chi connectivity index (χ0n) is 17.8. The van der Waals surface area contributed by atoms with Gasteiger partial charge < -0.3 is 19.7 Å². The third-order valence-electron chi connectivity index (χ3n) is 5.08. The number of rotatable bonds is 6. The van der Waals surface area contributed by atoms with Crippen molar-refractivity contribution in [2.45, 2.75) is 45.3 Å². The molecule has 2 fully saturated rings. The Hall–Kier alpha value is -2.12. The first kappa shape index (κ1) is 21.6. The molecule has 0 bridgehead atoms. The predicted octanol–water partition coefficient (Wildman–Crippen LogP) is 1.92. The molecule has 1 aromatic carbocycles. The van der Waals surface area contributed by atoms with Gasteiger partial charge in [0.2, 0.25) is 5.91 Å². The van der Waals surface area contributed by atoms with Crippen LogP contribution in [0, 0.1) is 0 Å². The van der Waals surface area contributed by atoms with Gasteiger partial charge in [-0.15, -0.1) is 0 Å². The highest BCUT2D eigenvalue weighted by Crippen LogP contribution is 2.19. The first-order chi connectivity index (χ1) is 13.8. The molecule has 1 N–H and O–H groups in total. The summed E-state index contributed by atoms with van der Waals surface area (Å²) in [6.45, 7) is 10.2. The number of nitrogens with zero attached hydrogens (tertiary/aromatic N) is 2. The summed E-state index contributed by atoms with van der Waals surface area (Å²) in [5.41, 5.74) is 0.403. The highest BCUT2D eigenvalue weighted by molar-refractivity contribution is 5.94. The first-order valence-corrected chi connectivity index (χ1v) is 10.5. The van der Waals surface area contributed by atoms with Gasteiger partial charge in [-0.2, -0.15) is 0 Å². The van der Waals surface area contributed by atoms with Crippen LogP contribution < -0.4 is 10.1 Å². The molecule has 2 aliphatic heterocycles. The maximum Gasteiger partial charge on any atom is 0.254 e. The van der Waals surface area contributed by atoms with Gasteiger partial charge in [-0.3, -0.25) is 14.5 Å². The summed E-state index contributed by atoms with van der Waals surface area (Å²) in [7, 11) is 0. The second-order valence-electron chi connectivity index (χ2n) is 8.84. The van der Waals surface area contributed by atoms with Crippen molar-refractivity contribution in [3.63, 3.8) is 0 Å². The molecule has 0 aromatic heterocycles. The third-order valence-corrected chi connectivity index (χ3v) is 5.08. The fourth-order valence-corrected chi connectivity index (χ4v) is 3.64. The summed E-state index contributed by atoms with van der Waals surface area (Å²) in [5, 5.41) is 2.98. The molecule has 7 nitrogen and oxygen atoms in total. The molecule has 1 unspecified atom stereocenters. The normalized spacial score (nSPS) is 20.5. The minimum atomic E-state index is -0.230. The van der Waals surface area contributed by atoms with Crippen LogP contribution in [0.1, 0.15) is 44.0 Å². The molecular formula is C22H33N3O4. The number of hydrogen-bond donors (Lipinski definition) is 1. The molecule has 7 heteroatoms. The number of hydrogen-bond acceptors (Lipinski definition) is 5. The van der Waals surface area contributed by atoms with E-state index in [1.165, 1.54) is 0 Å². The molecule has 1 atom stereocenters. The van der Waals surface area contributed by atoms with Gasteiger partial charge in [0.1, 0.15) is 12.4 Å². The van der Waals surface area contributed by atoms with E-state index in [1.807, 2.05) is 43.9 Å². The third kappa shape index (κ3) is 6.72. The Bertz CT molecular complexity index is 702. The molecule has 1 aromatic rings. The van der Waals surface area contributed by atoms with Crippen LogP contribution in [-0.2, 0) is 9.53 Å². The van der Waals surface area contributed by atoms with Gasteiger partial charge in [0.05, 0.1) is 12.6 Å². The van der Waals surface area contributed by atoms with Gasteiger partial charge in [0, 0.05) is 43.9 Å². The Labute approximate surface area is 173 Å². The quantitative estimate of drug-likeness (QED) is 0.786. The number of carbonyl (C=O) groups excluding carboxylic acids is 2. The Morgan fingerprint density at radius 2 is 1.97 bits per heavy atom. The SMILES string of the molecule is CC(C)(C)NC(=O)CN1CCN(C(=O)c2cccc(OCC3CCCO3)c2)CC1. The topological polar surface area (TPSA) is 71.1 Å². The van der Waals surface area contributed by atoms with E-state index in [-0.39, 0.29) is 23.5 Å². The van der Waals surface area contributed by atoms with Crippen molar-refractivity contribution in [2.75, 3.05) is 45.9 Å². The maximum absolute atomic E-state index is 12.9. The molecular weight excluding hydrogens is 370 g/mol. The molecule has 0 radical (unpaired) electrons. The highest BCUT2D eigenvalue weighted by atomic mass is 16.5. The smallest absolute Gasteiger partial charge is 0.254 e. The maximum atomic E-state index is 12.9. The predicted molar refractivity (Wildman–Crippen MR) is 111 cm³/mol. The van der Waals surface area contributed by atoms with E-state index in [0.717, 1.165) is 19.4 Å². The number of ether oxygens (including phenoxy) is 2. The van der Waals surface area contributed by atoms with Crippen molar-refractivity contribution in [3.05, 3.63) is 29.8 Å². The van der Waals surface area contributed by atoms with Crippen LogP contribution in [0.3, 0.4) is 0 Å². The van der Waals surface area contributed by atoms with Crippen LogP contribution in [0.4, 0.5) is 0 Å². The largest absolute Gasteiger partial charge is 0.491 e. The lowest BCUT2D eigenvalue weighted by atomic mass is 10.1. The summed E-state index contributed by atoms with van der Waals surface area (Å²) in [6, 6.07) is 7.35. The standard InChI is InChI=1S/C22H33N3O4/c1-22(2,3)23-20(26)15-24-9-11-25(12-10-24)21(27)17-6-4-7-18(14-17)29-16-19-8-5-13-28-19/h4,6-7,14,19H,5,8-13,15-16H2,1-3H3,(H,23,26). The zero-order valence-corrected chi connectivity index (χ0v) is 17.8. The minimum absolute atomic E-state index is 0.00589. The molecule has 2 saturated heterocycles. The van der Waals surface area contributed by atoms with E-state index in [0.29, 0.717) is 50.6 Å². The number of benzene rings is 1. The average Bonchev–Trinajstić information content (AvgIpc) is 3.19. The average molecular weight is 404 g/mol. The van der Waals surface area contributed by atoms with Crippen LogP contribution in [-0.4, -0.2) is 79.2 Å². The summed E-state index contributed by atoms with van der Waals surface area (Å²) >= 11 is 0. The fourth-order valence-electron chi connectivity index (χ4n) is 3.64. The number of nitrogens with one attached hydrogen (secondary N) is 1. The van der Waals surface area contributed by atoms with E-state index in [4.69, 9.17) is 9.47 Å². The number of piperazine rings is 1. The van der Waals surface area contributed by atoms with Crippen molar-refractivity contribution in [1.29, 1.82) is 0 Å². The van der Waals surface area contributed by atoms with Gasteiger partial charge in [-0.25, -0.2) is 0 Å². The van der Waals surface area contributed by atoms with Crippen molar-refractivity contribution < 1.29 is 19.1 Å². The van der Waals surface area contributed by atoms with Gasteiger partial charge in [0.25, 0.3) is 5.91 Å². The Morgan fingerprint density at radius 1 is 1.21 bits per heavy atom. The van der Waals surface area contributed by atoms with Gasteiger partial charge in [0.15, 0.2) is 0 Å². The lowest BCUT2D eigenvalue weighted by Gasteiger charge is -2.35. The minimum Gasteiger partial charge on any atom is -0.491 e. The molecule has 0 aliphatic carbocycles.